The Morgan fingerprint density at radius 2 is 2.06 bits per heavy atom. The predicted molar refractivity (Wildman–Crippen MR) is 72.0 cm³/mol. The van der Waals surface area contributed by atoms with Crippen LogP contribution in [0.3, 0.4) is 0 Å². The molecule has 0 radical (unpaired) electrons. The Morgan fingerprint density at radius 1 is 1.35 bits per heavy atom. The van der Waals surface area contributed by atoms with Gasteiger partial charge in [0.25, 0.3) is 0 Å². The summed E-state index contributed by atoms with van der Waals surface area (Å²) >= 11 is 0. The molecule has 1 saturated heterocycles. The Kier molecular flexibility index (Phi) is 6.56. The quantitative estimate of drug-likeness (QED) is 0.773. The first-order valence-electron chi connectivity index (χ1n) is 7.17. The van der Waals surface area contributed by atoms with Gasteiger partial charge < -0.3 is 10.2 Å². The standard InChI is InChI=1S/C14H28N2O/c1-4-12(5-2)14(17)16(3)11-9-13-8-6-7-10-15-13/h12-13,15H,4-11H2,1-3H3. The third kappa shape index (κ3) is 4.66. The number of carbonyl (C=O) groups is 1. The van der Waals surface area contributed by atoms with E-state index in [1.807, 2.05) is 11.9 Å². The van der Waals surface area contributed by atoms with Gasteiger partial charge >= 0.3 is 0 Å². The van der Waals surface area contributed by atoms with E-state index in [0.717, 1.165) is 32.4 Å². The summed E-state index contributed by atoms with van der Waals surface area (Å²) in [6.45, 7) is 6.24. The lowest BCUT2D eigenvalue weighted by Crippen LogP contribution is -2.39. The molecule has 1 aliphatic heterocycles. The Bertz CT molecular complexity index is 220. The molecule has 0 spiro atoms. The first-order valence-corrected chi connectivity index (χ1v) is 7.17. The van der Waals surface area contributed by atoms with Crippen LogP contribution in [0.4, 0.5) is 0 Å². The first-order chi connectivity index (χ1) is 8.19. The van der Waals surface area contributed by atoms with E-state index in [4.69, 9.17) is 0 Å². The van der Waals surface area contributed by atoms with Gasteiger partial charge in [0.05, 0.1) is 0 Å². The van der Waals surface area contributed by atoms with Crippen molar-refractivity contribution in [3.05, 3.63) is 0 Å². The van der Waals surface area contributed by atoms with Crippen LogP contribution >= 0.6 is 0 Å². The van der Waals surface area contributed by atoms with E-state index in [1.54, 1.807) is 0 Å². The fourth-order valence-electron chi connectivity index (χ4n) is 2.58. The van der Waals surface area contributed by atoms with E-state index in [2.05, 4.69) is 19.2 Å². The van der Waals surface area contributed by atoms with Crippen molar-refractivity contribution in [2.24, 2.45) is 5.92 Å². The zero-order valence-corrected chi connectivity index (χ0v) is 11.7. The molecule has 0 saturated carbocycles. The molecule has 3 heteroatoms. The predicted octanol–water partition coefficient (Wildman–Crippen LogP) is 2.41. The Hall–Kier alpha value is -0.570. The fraction of sp³-hybridized carbons (Fsp3) is 0.929. The third-order valence-corrected chi connectivity index (χ3v) is 3.94. The molecular formula is C14H28N2O. The minimum Gasteiger partial charge on any atom is -0.345 e. The molecular weight excluding hydrogens is 212 g/mol. The van der Waals surface area contributed by atoms with E-state index >= 15 is 0 Å². The van der Waals surface area contributed by atoms with Gasteiger partial charge in [0.2, 0.25) is 5.91 Å². The van der Waals surface area contributed by atoms with Gasteiger partial charge in [-0.3, -0.25) is 4.79 Å². The third-order valence-electron chi connectivity index (χ3n) is 3.94. The highest BCUT2D eigenvalue weighted by molar-refractivity contribution is 5.78. The average molecular weight is 240 g/mol. The van der Waals surface area contributed by atoms with Gasteiger partial charge in [-0.05, 0) is 38.6 Å². The van der Waals surface area contributed by atoms with Crippen LogP contribution in [0.5, 0.6) is 0 Å². The molecule has 100 valence electrons. The molecule has 3 nitrogen and oxygen atoms in total. The number of amides is 1. The highest BCUT2D eigenvalue weighted by atomic mass is 16.2. The van der Waals surface area contributed by atoms with E-state index < -0.39 is 0 Å². The van der Waals surface area contributed by atoms with E-state index in [-0.39, 0.29) is 5.92 Å². The normalized spacial score (nSPS) is 20.6. The zero-order chi connectivity index (χ0) is 12.7. The maximum absolute atomic E-state index is 12.1. The minimum atomic E-state index is 0.222. The van der Waals surface area contributed by atoms with Gasteiger partial charge in [-0.15, -0.1) is 0 Å². The van der Waals surface area contributed by atoms with Crippen molar-refractivity contribution in [1.82, 2.24) is 10.2 Å². The molecule has 1 rings (SSSR count). The van der Waals surface area contributed by atoms with Crippen molar-refractivity contribution in [2.45, 2.75) is 58.4 Å². The highest BCUT2D eigenvalue weighted by Gasteiger charge is 2.20. The zero-order valence-electron chi connectivity index (χ0n) is 11.7. The maximum atomic E-state index is 12.1. The van der Waals surface area contributed by atoms with Crippen molar-refractivity contribution >= 4 is 5.91 Å². The summed E-state index contributed by atoms with van der Waals surface area (Å²) in [6, 6.07) is 0.626. The van der Waals surface area contributed by atoms with Crippen molar-refractivity contribution in [3.8, 4) is 0 Å². The van der Waals surface area contributed by atoms with Gasteiger partial charge in [0.1, 0.15) is 0 Å². The molecule has 0 aromatic rings. The van der Waals surface area contributed by atoms with Gasteiger partial charge in [-0.1, -0.05) is 20.3 Å². The van der Waals surface area contributed by atoms with Crippen LogP contribution in [0.25, 0.3) is 0 Å². The van der Waals surface area contributed by atoms with Crippen molar-refractivity contribution in [1.29, 1.82) is 0 Å². The van der Waals surface area contributed by atoms with Crippen LogP contribution in [0.15, 0.2) is 0 Å². The second kappa shape index (κ2) is 7.70. The van der Waals surface area contributed by atoms with Gasteiger partial charge in [0, 0.05) is 25.6 Å². The summed E-state index contributed by atoms with van der Waals surface area (Å²) in [6.07, 6.45) is 6.93. The monoisotopic (exact) mass is 240 g/mol. The Labute approximate surface area is 106 Å². The van der Waals surface area contributed by atoms with E-state index in [1.165, 1.54) is 19.3 Å². The number of nitrogens with zero attached hydrogens (tertiary/aromatic N) is 1. The lowest BCUT2D eigenvalue weighted by molar-refractivity contribution is -0.134. The van der Waals surface area contributed by atoms with Gasteiger partial charge in [-0.2, -0.15) is 0 Å². The number of carbonyl (C=O) groups excluding carboxylic acids is 1. The molecule has 0 aromatic heterocycles. The van der Waals surface area contributed by atoms with Crippen LogP contribution in [0.2, 0.25) is 0 Å². The van der Waals surface area contributed by atoms with Gasteiger partial charge in [0.15, 0.2) is 0 Å². The summed E-state index contributed by atoms with van der Waals surface area (Å²) in [4.78, 5) is 14.0. The SMILES string of the molecule is CCC(CC)C(=O)N(C)CCC1CCCCN1. The summed E-state index contributed by atoms with van der Waals surface area (Å²) in [5, 5.41) is 3.53. The van der Waals surface area contributed by atoms with E-state index in [0.29, 0.717) is 11.9 Å². The Morgan fingerprint density at radius 3 is 2.59 bits per heavy atom. The minimum absolute atomic E-state index is 0.222. The number of rotatable bonds is 6. The van der Waals surface area contributed by atoms with Crippen molar-refractivity contribution in [3.63, 3.8) is 0 Å². The van der Waals surface area contributed by atoms with Crippen LogP contribution in [-0.4, -0.2) is 37.0 Å². The summed E-state index contributed by atoms with van der Waals surface area (Å²) in [7, 11) is 1.95. The van der Waals surface area contributed by atoms with Crippen LogP contribution < -0.4 is 5.32 Å². The van der Waals surface area contributed by atoms with Crippen LogP contribution in [0, 0.1) is 5.92 Å². The lowest BCUT2D eigenvalue weighted by Gasteiger charge is -2.27. The second-order valence-electron chi connectivity index (χ2n) is 5.21. The number of hydrogen-bond donors (Lipinski definition) is 1. The molecule has 1 aliphatic rings. The summed E-state index contributed by atoms with van der Waals surface area (Å²) in [5.41, 5.74) is 0. The molecule has 0 aliphatic carbocycles. The van der Waals surface area contributed by atoms with Crippen molar-refractivity contribution in [2.75, 3.05) is 20.1 Å². The molecule has 0 bridgehead atoms. The van der Waals surface area contributed by atoms with Crippen LogP contribution in [0.1, 0.15) is 52.4 Å². The van der Waals surface area contributed by atoms with Gasteiger partial charge in [-0.25, -0.2) is 0 Å². The first kappa shape index (κ1) is 14.5. The number of hydrogen-bond acceptors (Lipinski definition) is 2. The molecule has 1 N–H and O–H groups in total. The lowest BCUT2D eigenvalue weighted by atomic mass is 10.00. The summed E-state index contributed by atoms with van der Waals surface area (Å²) < 4.78 is 0. The number of nitrogens with one attached hydrogen (secondary N) is 1. The second-order valence-corrected chi connectivity index (χ2v) is 5.21. The molecule has 1 heterocycles. The fourth-order valence-corrected chi connectivity index (χ4v) is 2.58. The van der Waals surface area contributed by atoms with Crippen LogP contribution in [-0.2, 0) is 4.79 Å². The largest absolute Gasteiger partial charge is 0.345 e. The molecule has 0 aromatic carbocycles. The Balaban J connectivity index is 2.27. The smallest absolute Gasteiger partial charge is 0.225 e. The molecule has 1 atom stereocenters. The molecule has 1 fully saturated rings. The molecule has 17 heavy (non-hydrogen) atoms. The maximum Gasteiger partial charge on any atom is 0.225 e. The van der Waals surface area contributed by atoms with E-state index in [9.17, 15) is 4.79 Å². The topological polar surface area (TPSA) is 32.3 Å². The van der Waals surface area contributed by atoms with Crippen molar-refractivity contribution < 1.29 is 4.79 Å². The number of piperidine rings is 1. The summed E-state index contributed by atoms with van der Waals surface area (Å²) in [5.74, 6) is 0.546. The average Bonchev–Trinajstić information content (AvgIpc) is 2.38. The molecule has 1 amide bonds. The highest BCUT2D eigenvalue weighted by Crippen LogP contribution is 2.13. The molecule has 1 unspecified atom stereocenters.